The van der Waals surface area contributed by atoms with Crippen molar-refractivity contribution in [2.75, 3.05) is 23.9 Å². The van der Waals surface area contributed by atoms with E-state index in [1.54, 1.807) is 43.3 Å². The van der Waals surface area contributed by atoms with Crippen LogP contribution < -0.4 is 9.62 Å². The largest absolute Gasteiger partial charge is 0.354 e. The van der Waals surface area contributed by atoms with Crippen molar-refractivity contribution in [1.29, 1.82) is 0 Å². The first kappa shape index (κ1) is 29.9. The standard InChI is InChI=1S/C31H39N3O4S/c1-5-6-21-32-31(36)26(4)33(22-20-27-13-8-7-9-14-27)30(35)23-34(29-15-11-10-12-25(29)3)39(37,38)28-18-16-24(2)17-19-28/h7-19,26H,5-6,20-23H2,1-4H3,(H,32,36)/t26-/m1/s1. The third-order valence-corrected chi connectivity index (χ3v) is 8.53. The Morgan fingerprint density at radius 3 is 2.18 bits per heavy atom. The average Bonchev–Trinajstić information content (AvgIpc) is 2.93. The molecule has 0 saturated heterocycles. The van der Waals surface area contributed by atoms with Crippen molar-refractivity contribution in [2.45, 2.75) is 57.9 Å². The summed E-state index contributed by atoms with van der Waals surface area (Å²) in [6.07, 6.45) is 2.31. The van der Waals surface area contributed by atoms with E-state index >= 15 is 0 Å². The minimum Gasteiger partial charge on any atom is -0.354 e. The number of nitrogens with zero attached hydrogens (tertiary/aromatic N) is 2. The van der Waals surface area contributed by atoms with Gasteiger partial charge in [-0.15, -0.1) is 0 Å². The molecule has 0 radical (unpaired) electrons. The molecule has 0 fully saturated rings. The topological polar surface area (TPSA) is 86.8 Å². The average molecular weight is 550 g/mol. The van der Waals surface area contributed by atoms with Crippen LogP contribution in [0.1, 0.15) is 43.4 Å². The highest BCUT2D eigenvalue weighted by molar-refractivity contribution is 7.92. The van der Waals surface area contributed by atoms with Crippen LogP contribution in [0.3, 0.4) is 0 Å². The van der Waals surface area contributed by atoms with Gasteiger partial charge in [0.05, 0.1) is 10.6 Å². The Labute approximate surface area is 232 Å². The van der Waals surface area contributed by atoms with Crippen molar-refractivity contribution in [3.8, 4) is 0 Å². The van der Waals surface area contributed by atoms with Gasteiger partial charge in [-0.25, -0.2) is 8.42 Å². The third-order valence-electron chi connectivity index (χ3n) is 6.75. The fraction of sp³-hybridized carbons (Fsp3) is 0.355. The summed E-state index contributed by atoms with van der Waals surface area (Å²) < 4.78 is 28.9. The number of hydrogen-bond donors (Lipinski definition) is 1. The van der Waals surface area contributed by atoms with E-state index in [0.29, 0.717) is 18.7 Å². The van der Waals surface area contributed by atoms with Gasteiger partial charge in [-0.2, -0.15) is 0 Å². The zero-order valence-electron chi connectivity index (χ0n) is 23.3. The van der Waals surface area contributed by atoms with Crippen molar-refractivity contribution in [3.05, 3.63) is 95.6 Å². The molecule has 3 rings (SSSR count). The van der Waals surface area contributed by atoms with Gasteiger partial charge in [0.1, 0.15) is 12.6 Å². The molecule has 39 heavy (non-hydrogen) atoms. The lowest BCUT2D eigenvalue weighted by Gasteiger charge is -2.32. The SMILES string of the molecule is CCCCNC(=O)[C@@H](C)N(CCc1ccccc1)C(=O)CN(c1ccccc1C)S(=O)(=O)c1ccc(C)cc1. The summed E-state index contributed by atoms with van der Waals surface area (Å²) in [5.41, 5.74) is 3.11. The lowest BCUT2D eigenvalue weighted by Crippen LogP contribution is -2.52. The number of rotatable bonds is 13. The van der Waals surface area contributed by atoms with Gasteiger partial charge in [0, 0.05) is 13.1 Å². The summed E-state index contributed by atoms with van der Waals surface area (Å²) >= 11 is 0. The molecule has 1 atom stereocenters. The molecule has 7 nitrogen and oxygen atoms in total. The third kappa shape index (κ3) is 7.93. The minimum absolute atomic E-state index is 0.102. The summed E-state index contributed by atoms with van der Waals surface area (Å²) in [7, 11) is -4.07. The molecule has 0 unspecified atom stereocenters. The minimum atomic E-state index is -4.07. The highest BCUT2D eigenvalue weighted by Gasteiger charge is 2.32. The van der Waals surface area contributed by atoms with E-state index in [2.05, 4.69) is 5.32 Å². The second-order valence-electron chi connectivity index (χ2n) is 9.75. The number of carbonyl (C=O) groups is 2. The molecule has 0 aliphatic heterocycles. The summed E-state index contributed by atoms with van der Waals surface area (Å²) in [5.74, 6) is -0.697. The Balaban J connectivity index is 1.96. The predicted molar refractivity (Wildman–Crippen MR) is 156 cm³/mol. The van der Waals surface area contributed by atoms with Gasteiger partial charge in [0.25, 0.3) is 10.0 Å². The van der Waals surface area contributed by atoms with E-state index in [-0.39, 0.29) is 17.3 Å². The second-order valence-corrected chi connectivity index (χ2v) is 11.6. The zero-order valence-corrected chi connectivity index (χ0v) is 24.1. The van der Waals surface area contributed by atoms with Gasteiger partial charge >= 0.3 is 0 Å². The maximum atomic E-state index is 13.9. The fourth-order valence-electron chi connectivity index (χ4n) is 4.30. The van der Waals surface area contributed by atoms with Crippen LogP contribution in [0.5, 0.6) is 0 Å². The van der Waals surface area contributed by atoms with E-state index in [9.17, 15) is 18.0 Å². The number of benzene rings is 3. The number of unbranched alkanes of at least 4 members (excludes halogenated alkanes) is 1. The molecule has 0 aliphatic carbocycles. The Kier molecular flexibility index (Phi) is 10.7. The second kappa shape index (κ2) is 13.9. The van der Waals surface area contributed by atoms with Crippen LogP contribution in [0.25, 0.3) is 0 Å². The van der Waals surface area contributed by atoms with Crippen molar-refractivity contribution in [3.63, 3.8) is 0 Å². The maximum absolute atomic E-state index is 13.9. The first-order chi connectivity index (χ1) is 18.6. The lowest BCUT2D eigenvalue weighted by atomic mass is 10.1. The number of amides is 2. The first-order valence-corrected chi connectivity index (χ1v) is 14.8. The molecule has 1 N–H and O–H groups in total. The quantitative estimate of drug-likeness (QED) is 0.308. The Hall–Kier alpha value is -3.65. The molecule has 3 aromatic rings. The molecule has 2 amide bonds. The van der Waals surface area contributed by atoms with Gasteiger partial charge in [0.2, 0.25) is 11.8 Å². The number of hydrogen-bond acceptors (Lipinski definition) is 4. The molecule has 0 aromatic heterocycles. The molecule has 0 heterocycles. The molecule has 0 aliphatic rings. The summed E-state index contributed by atoms with van der Waals surface area (Å²) in [6, 6.07) is 22.6. The van der Waals surface area contributed by atoms with E-state index in [4.69, 9.17) is 0 Å². The van der Waals surface area contributed by atoms with Crippen LogP contribution in [0.4, 0.5) is 5.69 Å². The van der Waals surface area contributed by atoms with Crippen LogP contribution in [0, 0.1) is 13.8 Å². The highest BCUT2D eigenvalue weighted by atomic mass is 32.2. The number of nitrogens with one attached hydrogen (secondary N) is 1. The van der Waals surface area contributed by atoms with Gasteiger partial charge in [-0.1, -0.05) is 79.6 Å². The number of sulfonamides is 1. The fourth-order valence-corrected chi connectivity index (χ4v) is 5.78. The molecular formula is C31H39N3O4S. The van der Waals surface area contributed by atoms with E-state index in [1.807, 2.05) is 63.2 Å². The Bertz CT molecular complexity index is 1340. The molecule has 208 valence electrons. The monoisotopic (exact) mass is 549 g/mol. The van der Waals surface area contributed by atoms with Gasteiger partial charge in [0.15, 0.2) is 0 Å². The van der Waals surface area contributed by atoms with Crippen LogP contribution in [0.2, 0.25) is 0 Å². The summed E-state index contributed by atoms with van der Waals surface area (Å²) in [4.78, 5) is 28.5. The Morgan fingerprint density at radius 1 is 0.897 bits per heavy atom. The predicted octanol–water partition coefficient (Wildman–Crippen LogP) is 4.87. The van der Waals surface area contributed by atoms with Crippen molar-refractivity contribution >= 4 is 27.5 Å². The maximum Gasteiger partial charge on any atom is 0.264 e. The van der Waals surface area contributed by atoms with Crippen molar-refractivity contribution in [1.82, 2.24) is 10.2 Å². The molecule has 8 heteroatoms. The van der Waals surface area contributed by atoms with Crippen molar-refractivity contribution in [2.24, 2.45) is 0 Å². The van der Waals surface area contributed by atoms with Gasteiger partial charge in [-0.05, 0) is 62.9 Å². The number of anilines is 1. The molecule has 0 saturated carbocycles. The van der Waals surface area contributed by atoms with Crippen molar-refractivity contribution < 1.29 is 18.0 Å². The first-order valence-electron chi connectivity index (χ1n) is 13.4. The molecule has 3 aromatic carbocycles. The molecule has 0 bridgehead atoms. The number of aryl methyl sites for hydroxylation is 2. The highest BCUT2D eigenvalue weighted by Crippen LogP contribution is 2.27. The van der Waals surface area contributed by atoms with Crippen LogP contribution >= 0.6 is 0 Å². The van der Waals surface area contributed by atoms with Crippen LogP contribution in [-0.2, 0) is 26.0 Å². The van der Waals surface area contributed by atoms with E-state index in [0.717, 1.165) is 33.8 Å². The van der Waals surface area contributed by atoms with Gasteiger partial charge in [-0.3, -0.25) is 13.9 Å². The zero-order chi connectivity index (χ0) is 28.4. The smallest absolute Gasteiger partial charge is 0.264 e. The van der Waals surface area contributed by atoms with Crippen LogP contribution in [0.15, 0.2) is 83.8 Å². The summed E-state index contributed by atoms with van der Waals surface area (Å²) in [5, 5.41) is 2.91. The van der Waals surface area contributed by atoms with E-state index in [1.165, 1.54) is 4.90 Å². The number of carbonyl (C=O) groups excluding carboxylic acids is 2. The molecule has 0 spiro atoms. The Morgan fingerprint density at radius 2 is 1.54 bits per heavy atom. The van der Waals surface area contributed by atoms with Crippen LogP contribution in [-0.4, -0.2) is 50.8 Å². The molecular weight excluding hydrogens is 510 g/mol. The van der Waals surface area contributed by atoms with Gasteiger partial charge < -0.3 is 10.2 Å². The summed E-state index contributed by atoms with van der Waals surface area (Å²) in [6.45, 7) is 7.80. The normalized spacial score (nSPS) is 12.0. The lowest BCUT2D eigenvalue weighted by molar-refractivity contribution is -0.138. The number of para-hydroxylation sites is 1. The van der Waals surface area contributed by atoms with E-state index < -0.39 is 28.5 Å².